The van der Waals surface area contributed by atoms with Crippen LogP contribution in [0.1, 0.15) is 49.9 Å². The Morgan fingerprint density at radius 1 is 1.50 bits per heavy atom. The van der Waals surface area contributed by atoms with E-state index in [0.717, 1.165) is 12.8 Å². The number of unbranched alkanes of at least 4 members (excludes halogenated alkanes) is 1. The summed E-state index contributed by atoms with van der Waals surface area (Å²) >= 11 is 0. The molecule has 0 bridgehead atoms. The van der Waals surface area contributed by atoms with Crippen molar-refractivity contribution in [2.75, 3.05) is 20.3 Å². The predicted octanol–water partition coefficient (Wildman–Crippen LogP) is 1.05. The number of hydrogen-bond acceptors (Lipinski definition) is 5. The smallest absolute Gasteiger partial charge is 0.296 e. The second-order valence-corrected chi connectivity index (χ2v) is 5.71. The summed E-state index contributed by atoms with van der Waals surface area (Å²) < 4.78 is 12.8. The lowest BCUT2D eigenvalue weighted by atomic mass is 10.1. The van der Waals surface area contributed by atoms with E-state index < -0.39 is 11.5 Å². The molecule has 0 aromatic carbocycles. The Labute approximate surface area is 129 Å². The highest BCUT2D eigenvalue weighted by Crippen LogP contribution is 2.27. The molecule has 0 atom stereocenters. The topological polar surface area (TPSA) is 82.5 Å². The van der Waals surface area contributed by atoms with Crippen LogP contribution in [0.4, 0.5) is 0 Å². The summed E-state index contributed by atoms with van der Waals surface area (Å²) in [4.78, 5) is 29.1. The van der Waals surface area contributed by atoms with E-state index in [9.17, 15) is 9.59 Å². The van der Waals surface area contributed by atoms with Crippen LogP contribution in [0.5, 0.6) is 5.75 Å². The molecule has 0 saturated heterocycles. The normalized spacial score (nSPS) is 16.0. The highest BCUT2D eigenvalue weighted by atomic mass is 16.5. The maximum Gasteiger partial charge on any atom is 0.296 e. The van der Waals surface area contributed by atoms with Gasteiger partial charge in [-0.05, 0) is 20.3 Å². The van der Waals surface area contributed by atoms with Crippen LogP contribution in [0.3, 0.4) is 0 Å². The third-order valence-corrected chi connectivity index (χ3v) is 3.63. The average molecular weight is 309 g/mol. The molecule has 0 radical (unpaired) electrons. The molecule has 1 amide bonds. The zero-order valence-corrected chi connectivity index (χ0v) is 13.6. The molecular formula is C15H23N3O4. The van der Waals surface area contributed by atoms with Crippen molar-refractivity contribution in [1.29, 1.82) is 0 Å². The first-order valence-corrected chi connectivity index (χ1v) is 7.56. The second kappa shape index (κ2) is 6.48. The van der Waals surface area contributed by atoms with Crippen LogP contribution in [-0.4, -0.2) is 35.7 Å². The molecular weight excluding hydrogens is 286 g/mol. The lowest BCUT2D eigenvalue weighted by Crippen LogP contribution is -2.42. The van der Waals surface area contributed by atoms with Crippen molar-refractivity contribution in [3.63, 3.8) is 0 Å². The molecule has 0 fully saturated rings. The van der Waals surface area contributed by atoms with E-state index in [2.05, 4.69) is 10.3 Å². The second-order valence-electron chi connectivity index (χ2n) is 5.71. The van der Waals surface area contributed by atoms with Gasteiger partial charge in [-0.3, -0.25) is 14.2 Å². The van der Waals surface area contributed by atoms with Crippen LogP contribution in [0.25, 0.3) is 0 Å². The molecule has 0 saturated carbocycles. The van der Waals surface area contributed by atoms with Gasteiger partial charge in [-0.2, -0.15) is 0 Å². The summed E-state index contributed by atoms with van der Waals surface area (Å²) in [6, 6.07) is 0. The minimum absolute atomic E-state index is 0.0217. The van der Waals surface area contributed by atoms with Crippen molar-refractivity contribution < 1.29 is 14.3 Å². The van der Waals surface area contributed by atoms with Crippen LogP contribution in [-0.2, 0) is 16.9 Å². The zero-order valence-electron chi connectivity index (χ0n) is 13.6. The number of fused-ring (bicyclic) bond motifs is 1. The standard InChI is InChI=1S/C15H23N3O4/c1-5-6-8-21-11-10(12(19)16-4)17-14-15(2,3)22-9-7-18(14)13(11)20/h5-9H2,1-4H3,(H,16,19). The first-order valence-electron chi connectivity index (χ1n) is 7.56. The summed E-state index contributed by atoms with van der Waals surface area (Å²) in [5, 5.41) is 2.50. The minimum atomic E-state index is -0.720. The van der Waals surface area contributed by atoms with Crippen LogP contribution in [0.15, 0.2) is 4.79 Å². The molecule has 1 aliphatic heterocycles. The van der Waals surface area contributed by atoms with E-state index in [1.54, 1.807) is 0 Å². The van der Waals surface area contributed by atoms with E-state index in [4.69, 9.17) is 9.47 Å². The lowest BCUT2D eigenvalue weighted by Gasteiger charge is -2.32. The van der Waals surface area contributed by atoms with Gasteiger partial charge in [-0.25, -0.2) is 4.98 Å². The van der Waals surface area contributed by atoms with Gasteiger partial charge in [0.15, 0.2) is 5.69 Å². The van der Waals surface area contributed by atoms with Gasteiger partial charge in [0.05, 0.1) is 19.8 Å². The molecule has 7 heteroatoms. The van der Waals surface area contributed by atoms with Crippen molar-refractivity contribution in [3.8, 4) is 5.75 Å². The monoisotopic (exact) mass is 309 g/mol. The van der Waals surface area contributed by atoms with Crippen molar-refractivity contribution in [1.82, 2.24) is 14.9 Å². The molecule has 1 N–H and O–H groups in total. The van der Waals surface area contributed by atoms with Crippen LogP contribution < -0.4 is 15.6 Å². The van der Waals surface area contributed by atoms with Gasteiger partial charge in [0.2, 0.25) is 5.75 Å². The van der Waals surface area contributed by atoms with Crippen molar-refractivity contribution in [2.24, 2.45) is 0 Å². The fraction of sp³-hybridized carbons (Fsp3) is 0.667. The summed E-state index contributed by atoms with van der Waals surface area (Å²) in [5.74, 6) is 0.0350. The summed E-state index contributed by atoms with van der Waals surface area (Å²) in [7, 11) is 1.50. The summed E-state index contributed by atoms with van der Waals surface area (Å²) in [6.07, 6.45) is 1.75. The summed E-state index contributed by atoms with van der Waals surface area (Å²) in [5.41, 5.74) is -1.02. The Kier molecular flexibility index (Phi) is 4.85. The molecule has 7 nitrogen and oxygen atoms in total. The number of nitrogens with one attached hydrogen (secondary N) is 1. The molecule has 22 heavy (non-hydrogen) atoms. The summed E-state index contributed by atoms with van der Waals surface area (Å²) in [6.45, 7) is 6.90. The molecule has 1 aromatic heterocycles. The van der Waals surface area contributed by atoms with Crippen molar-refractivity contribution in [3.05, 3.63) is 21.9 Å². The Morgan fingerprint density at radius 3 is 2.86 bits per heavy atom. The zero-order chi connectivity index (χ0) is 16.3. The number of carbonyl (C=O) groups is 1. The van der Waals surface area contributed by atoms with E-state index in [1.807, 2.05) is 20.8 Å². The van der Waals surface area contributed by atoms with Gasteiger partial charge in [-0.1, -0.05) is 13.3 Å². The maximum absolute atomic E-state index is 12.7. The van der Waals surface area contributed by atoms with Gasteiger partial charge < -0.3 is 14.8 Å². The van der Waals surface area contributed by atoms with E-state index in [1.165, 1.54) is 11.6 Å². The molecule has 1 aliphatic rings. The SMILES string of the molecule is CCCCOc1c(C(=O)NC)nc2n(c1=O)CCOC2(C)C. The highest BCUT2D eigenvalue weighted by Gasteiger charge is 2.34. The third kappa shape index (κ3) is 2.99. The Balaban J connectivity index is 2.57. The van der Waals surface area contributed by atoms with Gasteiger partial charge in [0.1, 0.15) is 11.4 Å². The van der Waals surface area contributed by atoms with Crippen molar-refractivity contribution >= 4 is 5.91 Å². The number of amides is 1. The number of nitrogens with zero attached hydrogens (tertiary/aromatic N) is 2. The van der Waals surface area contributed by atoms with Crippen LogP contribution >= 0.6 is 0 Å². The first-order chi connectivity index (χ1) is 10.4. The number of ether oxygens (including phenoxy) is 2. The quantitative estimate of drug-likeness (QED) is 0.822. The predicted molar refractivity (Wildman–Crippen MR) is 81.3 cm³/mol. The maximum atomic E-state index is 12.7. The number of carbonyl (C=O) groups excluding carboxylic acids is 1. The largest absolute Gasteiger partial charge is 0.486 e. The number of rotatable bonds is 5. The fourth-order valence-corrected chi connectivity index (χ4v) is 2.38. The fourth-order valence-electron chi connectivity index (χ4n) is 2.38. The number of aromatic nitrogens is 2. The van der Waals surface area contributed by atoms with E-state index in [0.29, 0.717) is 25.6 Å². The molecule has 0 aliphatic carbocycles. The average Bonchev–Trinajstić information content (AvgIpc) is 2.49. The molecule has 2 rings (SSSR count). The molecule has 122 valence electrons. The van der Waals surface area contributed by atoms with E-state index >= 15 is 0 Å². The number of hydrogen-bond donors (Lipinski definition) is 1. The molecule has 0 unspecified atom stereocenters. The van der Waals surface area contributed by atoms with E-state index in [-0.39, 0.29) is 17.0 Å². The molecule has 2 heterocycles. The minimum Gasteiger partial charge on any atom is -0.486 e. The van der Waals surface area contributed by atoms with Gasteiger partial charge in [0.25, 0.3) is 11.5 Å². The highest BCUT2D eigenvalue weighted by molar-refractivity contribution is 5.94. The van der Waals surface area contributed by atoms with Gasteiger partial charge >= 0.3 is 0 Å². The Hall–Kier alpha value is -1.89. The first kappa shape index (κ1) is 16.5. The van der Waals surface area contributed by atoms with Crippen LogP contribution in [0.2, 0.25) is 0 Å². The Bertz CT molecular complexity index is 622. The molecule has 1 aromatic rings. The van der Waals surface area contributed by atoms with Crippen molar-refractivity contribution in [2.45, 2.75) is 45.8 Å². The van der Waals surface area contributed by atoms with Gasteiger partial charge in [0, 0.05) is 7.05 Å². The molecule has 0 spiro atoms. The van der Waals surface area contributed by atoms with Gasteiger partial charge in [-0.15, -0.1) is 0 Å². The lowest BCUT2D eigenvalue weighted by molar-refractivity contribution is -0.0567. The third-order valence-electron chi connectivity index (χ3n) is 3.63. The Morgan fingerprint density at radius 2 is 2.23 bits per heavy atom. The van der Waals surface area contributed by atoms with Crippen LogP contribution in [0, 0.1) is 0 Å².